The summed E-state index contributed by atoms with van der Waals surface area (Å²) in [6.45, 7) is 8.19. The normalized spacial score (nSPS) is 14.3. The Labute approximate surface area is 250 Å². The van der Waals surface area contributed by atoms with Crippen molar-refractivity contribution < 1.29 is 4.74 Å². The molecule has 0 spiro atoms. The fourth-order valence-electron chi connectivity index (χ4n) is 7.56. The summed E-state index contributed by atoms with van der Waals surface area (Å²) in [5.41, 5.74) is 7.08. The summed E-state index contributed by atoms with van der Waals surface area (Å²) >= 11 is 0. The number of allylic oxidation sites excluding steroid dienone is 3. The van der Waals surface area contributed by atoms with Gasteiger partial charge in [0.1, 0.15) is 11.5 Å². The summed E-state index contributed by atoms with van der Waals surface area (Å²) < 4.78 is 6.95. The molecule has 9 rings (SSSR count). The lowest BCUT2D eigenvalue weighted by Crippen LogP contribution is -2.12. The SMILES string of the molecule is C=Cc1cc2c3c(cccc3c1C=C)C1=C(O2)C(c2cc3c(ccc4c5ccccc5ccc43)c3ccccc23)=CCC1. The minimum atomic E-state index is 0.889. The summed E-state index contributed by atoms with van der Waals surface area (Å²) in [6, 6.07) is 37.8. The number of ether oxygens (including phenoxy) is 1. The van der Waals surface area contributed by atoms with E-state index in [1.165, 1.54) is 70.7 Å². The van der Waals surface area contributed by atoms with Crippen molar-refractivity contribution >= 4 is 77.2 Å². The second kappa shape index (κ2) is 9.05. The molecule has 0 N–H and O–H groups in total. The van der Waals surface area contributed by atoms with E-state index in [1.807, 2.05) is 12.2 Å². The molecule has 0 amide bonds. The van der Waals surface area contributed by atoms with Crippen molar-refractivity contribution in [2.75, 3.05) is 0 Å². The molecule has 0 radical (unpaired) electrons. The molecule has 1 aliphatic carbocycles. The van der Waals surface area contributed by atoms with Crippen LogP contribution in [0, 0.1) is 0 Å². The third kappa shape index (κ3) is 3.34. The zero-order chi connectivity index (χ0) is 28.7. The first kappa shape index (κ1) is 24.2. The molecule has 0 unspecified atom stereocenters. The van der Waals surface area contributed by atoms with E-state index in [0.717, 1.165) is 40.9 Å². The zero-order valence-electron chi connectivity index (χ0n) is 23.8. The van der Waals surface area contributed by atoms with Gasteiger partial charge in [-0.3, -0.25) is 0 Å². The first-order chi connectivity index (χ1) is 21.2. The van der Waals surface area contributed by atoms with Crippen LogP contribution in [0.15, 0.2) is 128 Å². The van der Waals surface area contributed by atoms with Gasteiger partial charge in [-0.05, 0) is 95.7 Å². The van der Waals surface area contributed by atoms with Gasteiger partial charge >= 0.3 is 0 Å². The number of rotatable bonds is 3. The Kier molecular flexibility index (Phi) is 5.10. The molecule has 0 saturated carbocycles. The van der Waals surface area contributed by atoms with Gasteiger partial charge in [0.25, 0.3) is 0 Å². The van der Waals surface area contributed by atoms with Crippen LogP contribution in [0.1, 0.15) is 35.1 Å². The summed E-state index contributed by atoms with van der Waals surface area (Å²) in [6.07, 6.45) is 8.13. The lowest BCUT2D eigenvalue weighted by atomic mass is 9.82. The average molecular weight is 549 g/mol. The maximum absolute atomic E-state index is 6.95. The van der Waals surface area contributed by atoms with Crippen LogP contribution in [0.2, 0.25) is 0 Å². The quantitative estimate of drug-likeness (QED) is 0.200. The lowest BCUT2D eigenvalue weighted by Gasteiger charge is -2.30. The molecule has 0 fully saturated rings. The van der Waals surface area contributed by atoms with Gasteiger partial charge in [-0.25, -0.2) is 0 Å². The van der Waals surface area contributed by atoms with Crippen LogP contribution < -0.4 is 4.74 Å². The minimum Gasteiger partial charge on any atom is -0.456 e. The molecule has 1 nitrogen and oxygen atoms in total. The highest BCUT2D eigenvalue weighted by Gasteiger charge is 2.29. The van der Waals surface area contributed by atoms with E-state index in [0.29, 0.717) is 0 Å². The average Bonchev–Trinajstić information content (AvgIpc) is 3.07. The van der Waals surface area contributed by atoms with Crippen LogP contribution >= 0.6 is 0 Å². The molecule has 0 saturated heterocycles. The highest BCUT2D eigenvalue weighted by molar-refractivity contribution is 6.24. The molecule has 7 aromatic rings. The lowest BCUT2D eigenvalue weighted by molar-refractivity contribution is 0.449. The maximum atomic E-state index is 6.95. The van der Waals surface area contributed by atoms with Crippen molar-refractivity contribution in [3.8, 4) is 5.75 Å². The fourth-order valence-corrected chi connectivity index (χ4v) is 7.56. The van der Waals surface area contributed by atoms with Crippen molar-refractivity contribution in [2.24, 2.45) is 0 Å². The second-order valence-electron chi connectivity index (χ2n) is 11.6. The zero-order valence-corrected chi connectivity index (χ0v) is 23.8. The molecular weight excluding hydrogens is 520 g/mol. The summed E-state index contributed by atoms with van der Waals surface area (Å²) in [5.74, 6) is 1.86. The van der Waals surface area contributed by atoms with E-state index < -0.39 is 0 Å². The Morgan fingerprint density at radius 1 is 0.581 bits per heavy atom. The molecule has 0 aromatic heterocycles. The van der Waals surface area contributed by atoms with Gasteiger partial charge in [-0.15, -0.1) is 0 Å². The largest absolute Gasteiger partial charge is 0.456 e. The molecule has 1 heterocycles. The highest BCUT2D eigenvalue weighted by Crippen LogP contribution is 2.50. The fraction of sp³-hybridized carbons (Fsp3) is 0.0476. The van der Waals surface area contributed by atoms with E-state index in [9.17, 15) is 0 Å². The van der Waals surface area contributed by atoms with Crippen molar-refractivity contribution in [1.82, 2.24) is 0 Å². The van der Waals surface area contributed by atoms with Gasteiger partial charge in [0.05, 0.1) is 0 Å². The minimum absolute atomic E-state index is 0.889. The van der Waals surface area contributed by atoms with Gasteiger partial charge < -0.3 is 4.74 Å². The van der Waals surface area contributed by atoms with E-state index in [-0.39, 0.29) is 0 Å². The molecule has 7 aromatic carbocycles. The van der Waals surface area contributed by atoms with Crippen LogP contribution in [0.4, 0.5) is 0 Å². The molecule has 0 bridgehead atoms. The second-order valence-corrected chi connectivity index (χ2v) is 11.6. The molecule has 202 valence electrons. The maximum Gasteiger partial charge on any atom is 0.138 e. The Balaban J connectivity index is 1.34. The Bertz CT molecular complexity index is 2450. The predicted octanol–water partition coefficient (Wildman–Crippen LogP) is 11.7. The first-order valence-corrected chi connectivity index (χ1v) is 15.0. The molecule has 0 atom stereocenters. The Morgan fingerprint density at radius 2 is 1.28 bits per heavy atom. The number of benzene rings is 7. The molecule has 43 heavy (non-hydrogen) atoms. The summed E-state index contributed by atoms with van der Waals surface area (Å²) in [4.78, 5) is 0. The Hall–Kier alpha value is -5.40. The van der Waals surface area contributed by atoms with Gasteiger partial charge in [0.15, 0.2) is 0 Å². The van der Waals surface area contributed by atoms with Gasteiger partial charge in [0.2, 0.25) is 0 Å². The van der Waals surface area contributed by atoms with E-state index in [2.05, 4.69) is 122 Å². The van der Waals surface area contributed by atoms with Gasteiger partial charge in [0, 0.05) is 16.5 Å². The number of hydrogen-bond acceptors (Lipinski definition) is 1. The van der Waals surface area contributed by atoms with E-state index in [4.69, 9.17) is 4.74 Å². The topological polar surface area (TPSA) is 9.23 Å². The number of hydrogen-bond donors (Lipinski definition) is 0. The van der Waals surface area contributed by atoms with Crippen LogP contribution in [0.25, 0.3) is 77.2 Å². The van der Waals surface area contributed by atoms with Gasteiger partial charge in [-0.2, -0.15) is 0 Å². The Morgan fingerprint density at radius 3 is 2.09 bits per heavy atom. The van der Waals surface area contributed by atoms with Crippen molar-refractivity contribution in [3.05, 3.63) is 150 Å². The third-order valence-corrected chi connectivity index (χ3v) is 9.48. The van der Waals surface area contributed by atoms with E-state index >= 15 is 0 Å². The molecule has 1 aliphatic heterocycles. The van der Waals surface area contributed by atoms with Crippen LogP contribution in [0.3, 0.4) is 0 Å². The highest BCUT2D eigenvalue weighted by atomic mass is 16.5. The van der Waals surface area contributed by atoms with Crippen LogP contribution in [-0.4, -0.2) is 0 Å². The molecule has 2 aliphatic rings. The number of fused-ring (bicyclic) bond motifs is 8. The van der Waals surface area contributed by atoms with Crippen molar-refractivity contribution in [1.29, 1.82) is 0 Å². The molecular formula is C42H28O. The van der Waals surface area contributed by atoms with Crippen LogP contribution in [0.5, 0.6) is 5.75 Å². The van der Waals surface area contributed by atoms with Crippen molar-refractivity contribution in [3.63, 3.8) is 0 Å². The predicted molar refractivity (Wildman–Crippen MR) is 185 cm³/mol. The van der Waals surface area contributed by atoms with Gasteiger partial charge in [-0.1, -0.05) is 122 Å². The van der Waals surface area contributed by atoms with Crippen molar-refractivity contribution in [2.45, 2.75) is 12.8 Å². The monoisotopic (exact) mass is 548 g/mol. The standard InChI is InChI=1S/C42H28O/c1-3-25-23-40-41-34(27(25)4-2)15-9-16-35(41)36-17-10-18-37(42(36)43-40)39-24-38-32-20-19-26-11-5-6-12-28(26)31(32)21-22-33(38)29-13-7-8-14-30(29)39/h3-9,11-16,18-24H,1-2,10,17H2. The third-order valence-electron chi connectivity index (χ3n) is 9.48. The van der Waals surface area contributed by atoms with Crippen LogP contribution in [-0.2, 0) is 0 Å². The summed E-state index contributed by atoms with van der Waals surface area (Å²) in [5, 5.41) is 12.5. The molecule has 1 heteroatoms. The smallest absolute Gasteiger partial charge is 0.138 e. The first-order valence-electron chi connectivity index (χ1n) is 15.0. The summed E-state index contributed by atoms with van der Waals surface area (Å²) in [7, 11) is 0. The van der Waals surface area contributed by atoms with E-state index in [1.54, 1.807) is 0 Å².